The Morgan fingerprint density at radius 3 is 2.42 bits per heavy atom. The minimum absolute atomic E-state index is 0.167. The Morgan fingerprint density at radius 1 is 1.42 bits per heavy atom. The molecule has 12 heavy (non-hydrogen) atoms. The van der Waals surface area contributed by atoms with Crippen molar-refractivity contribution in [2.75, 3.05) is 6.61 Å². The molecule has 1 atom stereocenters. The Morgan fingerprint density at radius 2 is 2.00 bits per heavy atom. The van der Waals surface area contributed by atoms with Gasteiger partial charge in [0.25, 0.3) is 0 Å². The van der Waals surface area contributed by atoms with Gasteiger partial charge in [-0.1, -0.05) is 6.92 Å². The fourth-order valence-electron chi connectivity index (χ4n) is 0.736. The van der Waals surface area contributed by atoms with Crippen LogP contribution in [0.25, 0.3) is 0 Å². The lowest BCUT2D eigenvalue weighted by Crippen LogP contribution is -2.26. The van der Waals surface area contributed by atoms with E-state index in [9.17, 15) is 9.59 Å². The maximum absolute atomic E-state index is 11.1. The molecule has 70 valence electrons. The van der Waals surface area contributed by atoms with Crippen molar-refractivity contribution in [2.45, 2.75) is 31.9 Å². The van der Waals surface area contributed by atoms with Crippen molar-refractivity contribution >= 4 is 24.4 Å². The van der Waals surface area contributed by atoms with Gasteiger partial charge >= 0.3 is 5.97 Å². The van der Waals surface area contributed by atoms with Crippen LogP contribution in [0, 0.1) is 0 Å². The maximum Gasteiger partial charge on any atom is 0.326 e. The van der Waals surface area contributed by atoms with Crippen molar-refractivity contribution in [1.29, 1.82) is 0 Å². The Kier molecular flexibility index (Phi) is 5.80. The number of thiol groups is 1. The summed E-state index contributed by atoms with van der Waals surface area (Å²) < 4.78 is 4.63. The van der Waals surface area contributed by atoms with E-state index in [1.54, 1.807) is 6.92 Å². The summed E-state index contributed by atoms with van der Waals surface area (Å²) in [5.74, 6) is -0.710. The predicted molar refractivity (Wildman–Crippen MR) is 49.3 cm³/mol. The number of hydrogen-bond donors (Lipinski definition) is 1. The number of ketones is 1. The second-order valence-electron chi connectivity index (χ2n) is 2.37. The van der Waals surface area contributed by atoms with Gasteiger partial charge in [0.2, 0.25) is 0 Å². The largest absolute Gasteiger partial charge is 0.465 e. The molecule has 3 nitrogen and oxygen atoms in total. The van der Waals surface area contributed by atoms with E-state index in [0.717, 1.165) is 6.42 Å². The average Bonchev–Trinajstić information content (AvgIpc) is 2.04. The number of rotatable bonds is 5. The number of Topliss-reactive ketones (excluding diaryl/α,β-unsaturated/α-hetero) is 1. The molecule has 0 saturated heterocycles. The van der Waals surface area contributed by atoms with Crippen molar-refractivity contribution < 1.29 is 14.3 Å². The van der Waals surface area contributed by atoms with Crippen LogP contribution in [0.2, 0.25) is 0 Å². The summed E-state index contributed by atoms with van der Waals surface area (Å²) in [5, 5.41) is -0.898. The van der Waals surface area contributed by atoms with Crippen molar-refractivity contribution in [3.63, 3.8) is 0 Å². The first-order chi connectivity index (χ1) is 5.63. The van der Waals surface area contributed by atoms with E-state index in [2.05, 4.69) is 17.4 Å². The fourth-order valence-corrected chi connectivity index (χ4v) is 0.939. The molecular formula is C8H14O3S. The summed E-state index contributed by atoms with van der Waals surface area (Å²) in [5.41, 5.74) is 0. The first-order valence-electron chi connectivity index (χ1n) is 4.00. The van der Waals surface area contributed by atoms with Crippen molar-refractivity contribution in [2.24, 2.45) is 0 Å². The van der Waals surface area contributed by atoms with E-state index in [1.807, 2.05) is 6.92 Å². The molecule has 0 spiro atoms. The van der Waals surface area contributed by atoms with Gasteiger partial charge in [-0.2, -0.15) is 12.6 Å². The summed E-state index contributed by atoms with van der Waals surface area (Å²) in [6.45, 7) is 3.86. The lowest BCUT2D eigenvalue weighted by Gasteiger charge is -2.07. The van der Waals surface area contributed by atoms with Crippen LogP contribution in [-0.2, 0) is 14.3 Å². The predicted octanol–water partition coefficient (Wildman–Crippen LogP) is 1.22. The minimum Gasteiger partial charge on any atom is -0.465 e. The highest BCUT2D eigenvalue weighted by Crippen LogP contribution is 2.04. The summed E-state index contributed by atoms with van der Waals surface area (Å²) in [6, 6.07) is 0. The van der Waals surface area contributed by atoms with Crippen LogP contribution in [-0.4, -0.2) is 23.6 Å². The average molecular weight is 190 g/mol. The fraction of sp³-hybridized carbons (Fsp3) is 0.750. The van der Waals surface area contributed by atoms with Crippen LogP contribution < -0.4 is 0 Å². The van der Waals surface area contributed by atoms with E-state index in [1.165, 1.54) is 0 Å². The Hall–Kier alpha value is -0.510. The molecule has 0 aliphatic carbocycles. The topological polar surface area (TPSA) is 43.4 Å². The maximum atomic E-state index is 11.1. The SMILES string of the molecule is CCCC(=O)C(S)C(=O)OCC. The van der Waals surface area contributed by atoms with E-state index >= 15 is 0 Å². The van der Waals surface area contributed by atoms with Crippen molar-refractivity contribution in [3.05, 3.63) is 0 Å². The Bertz CT molecular complexity index is 150. The molecule has 0 aliphatic heterocycles. The lowest BCUT2D eigenvalue weighted by molar-refractivity contribution is -0.144. The van der Waals surface area contributed by atoms with Crippen molar-refractivity contribution in [3.8, 4) is 0 Å². The third-order valence-corrected chi connectivity index (χ3v) is 1.81. The zero-order valence-corrected chi connectivity index (χ0v) is 8.27. The number of carbonyl (C=O) groups excluding carboxylic acids is 2. The zero-order chi connectivity index (χ0) is 9.56. The van der Waals surface area contributed by atoms with Crippen LogP contribution in [0.4, 0.5) is 0 Å². The van der Waals surface area contributed by atoms with Crippen LogP contribution in [0.1, 0.15) is 26.7 Å². The van der Waals surface area contributed by atoms with Gasteiger partial charge in [-0.15, -0.1) is 0 Å². The number of carbonyl (C=O) groups is 2. The quantitative estimate of drug-likeness (QED) is 0.402. The molecule has 0 heterocycles. The Balaban J connectivity index is 3.91. The summed E-state index contributed by atoms with van der Waals surface area (Å²) in [7, 11) is 0. The third kappa shape index (κ3) is 3.76. The standard InChI is InChI=1S/C8H14O3S/c1-3-5-6(9)7(12)8(10)11-4-2/h7,12H,3-5H2,1-2H3. The molecule has 0 aromatic carbocycles. The molecule has 0 fully saturated rings. The minimum atomic E-state index is -0.898. The van der Waals surface area contributed by atoms with Gasteiger partial charge in [0.05, 0.1) is 6.61 Å². The van der Waals surface area contributed by atoms with E-state index in [-0.39, 0.29) is 12.4 Å². The number of hydrogen-bond acceptors (Lipinski definition) is 4. The van der Waals surface area contributed by atoms with Gasteiger partial charge < -0.3 is 4.74 Å². The van der Waals surface area contributed by atoms with Crippen LogP contribution >= 0.6 is 12.6 Å². The third-order valence-electron chi connectivity index (χ3n) is 1.31. The van der Waals surface area contributed by atoms with E-state index < -0.39 is 11.2 Å². The molecule has 0 amide bonds. The monoisotopic (exact) mass is 190 g/mol. The van der Waals surface area contributed by atoms with Crippen molar-refractivity contribution in [1.82, 2.24) is 0 Å². The molecule has 0 saturated carbocycles. The molecule has 0 bridgehead atoms. The molecule has 0 aromatic heterocycles. The summed E-state index contributed by atoms with van der Waals surface area (Å²) >= 11 is 3.86. The second-order valence-corrected chi connectivity index (χ2v) is 2.89. The first-order valence-corrected chi connectivity index (χ1v) is 4.52. The molecule has 0 radical (unpaired) electrons. The normalized spacial score (nSPS) is 12.2. The van der Waals surface area contributed by atoms with Gasteiger partial charge in [0, 0.05) is 6.42 Å². The molecular weight excluding hydrogens is 176 g/mol. The van der Waals surface area contributed by atoms with Crippen LogP contribution in [0.5, 0.6) is 0 Å². The van der Waals surface area contributed by atoms with Gasteiger partial charge in [-0.25, -0.2) is 0 Å². The lowest BCUT2D eigenvalue weighted by atomic mass is 10.2. The van der Waals surface area contributed by atoms with Gasteiger partial charge in [-0.05, 0) is 13.3 Å². The first kappa shape index (κ1) is 11.5. The van der Waals surface area contributed by atoms with Crippen LogP contribution in [0.15, 0.2) is 0 Å². The highest BCUT2D eigenvalue weighted by molar-refractivity contribution is 7.82. The molecule has 0 N–H and O–H groups in total. The second kappa shape index (κ2) is 6.06. The smallest absolute Gasteiger partial charge is 0.326 e. The summed E-state index contributed by atoms with van der Waals surface area (Å²) in [4.78, 5) is 22.0. The van der Waals surface area contributed by atoms with E-state index in [0.29, 0.717) is 6.42 Å². The molecule has 0 rings (SSSR count). The molecule has 0 aliphatic rings. The number of esters is 1. The zero-order valence-electron chi connectivity index (χ0n) is 7.37. The van der Waals surface area contributed by atoms with Crippen LogP contribution in [0.3, 0.4) is 0 Å². The molecule has 0 aromatic rings. The van der Waals surface area contributed by atoms with Gasteiger partial charge in [-0.3, -0.25) is 9.59 Å². The highest BCUT2D eigenvalue weighted by Gasteiger charge is 2.22. The Labute approximate surface area is 77.9 Å². The van der Waals surface area contributed by atoms with Gasteiger partial charge in [0.15, 0.2) is 11.0 Å². The number of ether oxygens (including phenoxy) is 1. The van der Waals surface area contributed by atoms with Gasteiger partial charge in [0.1, 0.15) is 0 Å². The molecule has 1 unspecified atom stereocenters. The molecule has 4 heteroatoms. The highest BCUT2D eigenvalue weighted by atomic mass is 32.1. The van der Waals surface area contributed by atoms with E-state index in [4.69, 9.17) is 0 Å². The summed E-state index contributed by atoms with van der Waals surface area (Å²) in [6.07, 6.45) is 1.11.